The molecule has 0 amide bonds. The molecule has 0 atom stereocenters. The Bertz CT molecular complexity index is 1330. The lowest BCUT2D eigenvalue weighted by Gasteiger charge is -2.13. The van der Waals surface area contributed by atoms with Gasteiger partial charge >= 0.3 is 5.63 Å². The second-order valence-corrected chi connectivity index (χ2v) is 8.04. The number of nitrogens with zero attached hydrogens (tertiary/aromatic N) is 2. The fourth-order valence-electron chi connectivity index (χ4n) is 3.42. The third-order valence-corrected chi connectivity index (χ3v) is 5.92. The molecule has 6 nitrogen and oxygen atoms in total. The van der Waals surface area contributed by atoms with Crippen LogP contribution in [0.1, 0.15) is 17.5 Å². The summed E-state index contributed by atoms with van der Waals surface area (Å²) in [6.07, 6.45) is 0.709. The lowest BCUT2D eigenvalue weighted by atomic mass is 10.1. The van der Waals surface area contributed by atoms with Crippen LogP contribution in [0.15, 0.2) is 67.7 Å². The van der Waals surface area contributed by atoms with E-state index in [9.17, 15) is 9.59 Å². The number of benzene rings is 2. The molecule has 7 heteroatoms. The van der Waals surface area contributed by atoms with E-state index in [2.05, 4.69) is 0 Å². The molecule has 2 aromatic heterocycles. The highest BCUT2D eigenvalue weighted by atomic mass is 32.2. The minimum atomic E-state index is -0.382. The van der Waals surface area contributed by atoms with Crippen molar-refractivity contribution < 1.29 is 9.15 Å². The molecule has 0 aliphatic rings. The van der Waals surface area contributed by atoms with Crippen molar-refractivity contribution in [2.45, 2.75) is 30.8 Å². The summed E-state index contributed by atoms with van der Waals surface area (Å²) in [5, 5.41) is 2.12. The number of rotatable bonds is 7. The molecule has 0 aliphatic heterocycles. The van der Waals surface area contributed by atoms with Crippen LogP contribution in [0.2, 0.25) is 0 Å². The number of para-hydroxylation sites is 1. The van der Waals surface area contributed by atoms with Crippen LogP contribution >= 0.6 is 11.8 Å². The maximum atomic E-state index is 13.1. The molecular formula is C23H22N2O4S. The normalized spacial score (nSPS) is 11.4. The molecule has 30 heavy (non-hydrogen) atoms. The van der Waals surface area contributed by atoms with Gasteiger partial charge in [-0.05, 0) is 42.7 Å². The third-order valence-electron chi connectivity index (χ3n) is 4.90. The van der Waals surface area contributed by atoms with Gasteiger partial charge in [-0.1, -0.05) is 36.0 Å². The highest BCUT2D eigenvalue weighted by Gasteiger charge is 2.13. The van der Waals surface area contributed by atoms with Crippen LogP contribution < -0.4 is 11.2 Å². The molecule has 0 fully saturated rings. The Morgan fingerprint density at radius 2 is 1.93 bits per heavy atom. The van der Waals surface area contributed by atoms with E-state index < -0.39 is 0 Å². The SMILES string of the molecule is COCCCn1c(SCc2cc(=O)oc3cc(C)ccc23)nc2ccccc2c1=O. The van der Waals surface area contributed by atoms with Crippen LogP contribution in [0.3, 0.4) is 0 Å². The van der Waals surface area contributed by atoms with Gasteiger partial charge in [0.25, 0.3) is 5.56 Å². The highest BCUT2D eigenvalue weighted by Crippen LogP contribution is 2.26. The summed E-state index contributed by atoms with van der Waals surface area (Å²) in [5.74, 6) is 0.500. The van der Waals surface area contributed by atoms with Gasteiger partial charge in [0.2, 0.25) is 0 Å². The van der Waals surface area contributed by atoms with Crippen molar-refractivity contribution in [3.8, 4) is 0 Å². The Kier molecular flexibility index (Phi) is 6.01. The average Bonchev–Trinajstić information content (AvgIpc) is 2.73. The molecule has 4 aromatic rings. The topological polar surface area (TPSA) is 74.3 Å². The maximum Gasteiger partial charge on any atom is 0.336 e. The molecule has 0 bridgehead atoms. The lowest BCUT2D eigenvalue weighted by Crippen LogP contribution is -2.24. The lowest BCUT2D eigenvalue weighted by molar-refractivity contribution is 0.189. The number of hydrogen-bond acceptors (Lipinski definition) is 6. The Morgan fingerprint density at radius 3 is 2.77 bits per heavy atom. The van der Waals surface area contributed by atoms with Crippen molar-refractivity contribution in [3.63, 3.8) is 0 Å². The third kappa shape index (κ3) is 4.17. The van der Waals surface area contributed by atoms with Gasteiger partial charge in [-0.2, -0.15) is 0 Å². The van der Waals surface area contributed by atoms with Crippen molar-refractivity contribution in [2.75, 3.05) is 13.7 Å². The van der Waals surface area contributed by atoms with E-state index in [1.807, 2.05) is 43.3 Å². The summed E-state index contributed by atoms with van der Waals surface area (Å²) in [6.45, 7) is 3.04. The number of ether oxygens (including phenoxy) is 1. The summed E-state index contributed by atoms with van der Waals surface area (Å²) >= 11 is 1.45. The van der Waals surface area contributed by atoms with Crippen LogP contribution in [-0.2, 0) is 17.0 Å². The first-order valence-corrected chi connectivity index (χ1v) is 10.7. The van der Waals surface area contributed by atoms with Gasteiger partial charge in [0, 0.05) is 37.5 Å². The van der Waals surface area contributed by atoms with Gasteiger partial charge < -0.3 is 9.15 Å². The zero-order chi connectivity index (χ0) is 21.1. The van der Waals surface area contributed by atoms with Gasteiger partial charge in [0.1, 0.15) is 5.58 Å². The predicted molar refractivity (Wildman–Crippen MR) is 119 cm³/mol. The Hall–Kier alpha value is -2.90. The van der Waals surface area contributed by atoms with Crippen LogP contribution in [0.4, 0.5) is 0 Å². The van der Waals surface area contributed by atoms with Crippen molar-refractivity contribution in [1.29, 1.82) is 0 Å². The second kappa shape index (κ2) is 8.85. The van der Waals surface area contributed by atoms with Crippen LogP contribution in [-0.4, -0.2) is 23.3 Å². The fraction of sp³-hybridized carbons (Fsp3) is 0.261. The van der Waals surface area contributed by atoms with Crippen molar-refractivity contribution in [2.24, 2.45) is 0 Å². The first-order valence-electron chi connectivity index (χ1n) is 9.71. The molecule has 0 N–H and O–H groups in total. The van der Waals surface area contributed by atoms with Gasteiger partial charge in [-0.15, -0.1) is 0 Å². The van der Waals surface area contributed by atoms with Gasteiger partial charge in [0.15, 0.2) is 5.16 Å². The number of thioether (sulfide) groups is 1. The Morgan fingerprint density at radius 1 is 1.10 bits per heavy atom. The molecule has 154 valence electrons. The summed E-state index contributed by atoms with van der Waals surface area (Å²) in [7, 11) is 1.64. The molecule has 0 aliphatic carbocycles. The molecule has 0 saturated heterocycles. The number of aryl methyl sites for hydroxylation is 1. The molecular weight excluding hydrogens is 400 g/mol. The monoisotopic (exact) mass is 422 g/mol. The molecule has 4 rings (SSSR count). The summed E-state index contributed by atoms with van der Waals surface area (Å²) in [6, 6.07) is 14.7. The smallest absolute Gasteiger partial charge is 0.336 e. The number of methoxy groups -OCH3 is 1. The number of hydrogen-bond donors (Lipinski definition) is 0. The molecule has 0 unspecified atom stereocenters. The van der Waals surface area contributed by atoms with E-state index in [1.54, 1.807) is 17.7 Å². The van der Waals surface area contributed by atoms with Crippen molar-refractivity contribution >= 4 is 33.6 Å². The van der Waals surface area contributed by atoms with Gasteiger partial charge in [-0.3, -0.25) is 9.36 Å². The van der Waals surface area contributed by atoms with E-state index in [0.717, 1.165) is 16.5 Å². The summed E-state index contributed by atoms with van der Waals surface area (Å²) < 4.78 is 12.2. The van der Waals surface area contributed by atoms with E-state index in [1.165, 1.54) is 17.8 Å². The van der Waals surface area contributed by atoms with Crippen molar-refractivity contribution in [3.05, 3.63) is 80.4 Å². The predicted octanol–water partition coefficient (Wildman–Crippen LogP) is 4.14. The molecule has 0 radical (unpaired) electrons. The van der Waals surface area contributed by atoms with Crippen molar-refractivity contribution in [1.82, 2.24) is 9.55 Å². The fourth-order valence-corrected chi connectivity index (χ4v) is 4.44. The summed E-state index contributed by atoms with van der Waals surface area (Å²) in [5.41, 5.74) is 2.68. The van der Waals surface area contributed by atoms with E-state index in [0.29, 0.717) is 47.0 Å². The summed E-state index contributed by atoms with van der Waals surface area (Å²) in [4.78, 5) is 29.8. The second-order valence-electron chi connectivity index (χ2n) is 7.09. The first kappa shape index (κ1) is 20.4. The van der Waals surface area contributed by atoms with Crippen LogP contribution in [0, 0.1) is 6.92 Å². The van der Waals surface area contributed by atoms with E-state index in [-0.39, 0.29) is 11.2 Å². The first-order chi connectivity index (χ1) is 14.6. The van der Waals surface area contributed by atoms with E-state index in [4.69, 9.17) is 14.1 Å². The van der Waals surface area contributed by atoms with Crippen LogP contribution in [0.5, 0.6) is 0 Å². The minimum absolute atomic E-state index is 0.0627. The molecule has 2 aromatic carbocycles. The highest BCUT2D eigenvalue weighted by molar-refractivity contribution is 7.98. The van der Waals surface area contributed by atoms with E-state index >= 15 is 0 Å². The Balaban J connectivity index is 1.73. The molecule has 2 heterocycles. The zero-order valence-electron chi connectivity index (χ0n) is 16.9. The number of aromatic nitrogens is 2. The number of fused-ring (bicyclic) bond motifs is 2. The van der Waals surface area contributed by atoms with Gasteiger partial charge in [-0.25, -0.2) is 9.78 Å². The largest absolute Gasteiger partial charge is 0.423 e. The maximum absolute atomic E-state index is 13.1. The zero-order valence-corrected chi connectivity index (χ0v) is 17.7. The molecule has 0 spiro atoms. The standard InChI is InChI=1S/C23H22N2O4S/c1-15-8-9-17-16(13-21(26)29-20(17)12-15)14-30-23-24-19-7-4-3-6-18(19)22(27)25(23)10-5-11-28-2/h3-4,6-9,12-13H,5,10-11,14H2,1-2H3. The Labute approximate surface area is 177 Å². The molecule has 0 saturated carbocycles. The average molecular weight is 423 g/mol. The van der Waals surface area contributed by atoms with Gasteiger partial charge in [0.05, 0.1) is 10.9 Å². The quantitative estimate of drug-likeness (QED) is 0.193. The van der Waals surface area contributed by atoms with Crippen LogP contribution in [0.25, 0.3) is 21.9 Å². The minimum Gasteiger partial charge on any atom is -0.423 e.